The first-order valence-electron chi connectivity index (χ1n) is 6.04. The predicted octanol–water partition coefficient (Wildman–Crippen LogP) is 2.01. The van der Waals surface area contributed by atoms with Crippen molar-refractivity contribution < 1.29 is 0 Å². The second-order valence-corrected chi connectivity index (χ2v) is 5.24. The van der Waals surface area contributed by atoms with Crippen LogP contribution in [0.1, 0.15) is 39.5 Å². The van der Waals surface area contributed by atoms with Gasteiger partial charge in [-0.3, -0.25) is 0 Å². The quantitative estimate of drug-likeness (QED) is 0.612. The topological polar surface area (TPSA) is 24.1 Å². The van der Waals surface area contributed by atoms with Crippen molar-refractivity contribution >= 4 is 0 Å². The Balaban J connectivity index is 2.09. The van der Waals surface area contributed by atoms with E-state index in [0.29, 0.717) is 5.41 Å². The molecule has 0 aliphatic heterocycles. The number of hydrogen-bond acceptors (Lipinski definition) is 2. The molecular weight excluding hydrogens is 172 g/mol. The van der Waals surface area contributed by atoms with Crippen LogP contribution in [-0.2, 0) is 0 Å². The van der Waals surface area contributed by atoms with Crippen LogP contribution in [0.15, 0.2) is 0 Å². The summed E-state index contributed by atoms with van der Waals surface area (Å²) in [6.45, 7) is 8.15. The summed E-state index contributed by atoms with van der Waals surface area (Å²) in [4.78, 5) is 0. The van der Waals surface area contributed by atoms with Gasteiger partial charge in [-0.25, -0.2) is 0 Å². The maximum Gasteiger partial charge on any atom is 0.00200 e. The molecule has 0 aromatic heterocycles. The molecule has 0 unspecified atom stereocenters. The Morgan fingerprint density at radius 3 is 2.36 bits per heavy atom. The lowest BCUT2D eigenvalue weighted by molar-refractivity contribution is 0.130. The summed E-state index contributed by atoms with van der Waals surface area (Å²) in [5.74, 6) is 0.823. The molecule has 0 amide bonds. The van der Waals surface area contributed by atoms with E-state index < -0.39 is 0 Å². The molecule has 0 radical (unpaired) electrons. The van der Waals surface area contributed by atoms with Gasteiger partial charge in [0.05, 0.1) is 0 Å². The van der Waals surface area contributed by atoms with Gasteiger partial charge in [-0.05, 0) is 44.2 Å². The van der Waals surface area contributed by atoms with Crippen molar-refractivity contribution in [3.63, 3.8) is 0 Å². The van der Waals surface area contributed by atoms with E-state index >= 15 is 0 Å². The van der Waals surface area contributed by atoms with Crippen LogP contribution in [0.25, 0.3) is 0 Å². The van der Waals surface area contributed by atoms with Crippen LogP contribution in [0.5, 0.6) is 0 Å². The van der Waals surface area contributed by atoms with Crippen LogP contribution < -0.4 is 10.6 Å². The third kappa shape index (κ3) is 3.58. The van der Waals surface area contributed by atoms with Crippen molar-refractivity contribution in [2.75, 3.05) is 26.7 Å². The van der Waals surface area contributed by atoms with E-state index in [1.54, 1.807) is 0 Å². The molecule has 2 nitrogen and oxygen atoms in total. The highest BCUT2D eigenvalue weighted by molar-refractivity contribution is 4.90. The molecule has 0 heterocycles. The van der Waals surface area contributed by atoms with E-state index in [4.69, 9.17) is 0 Å². The zero-order valence-corrected chi connectivity index (χ0v) is 10.0. The Labute approximate surface area is 88.8 Å². The fraction of sp³-hybridized carbons (Fsp3) is 1.00. The molecule has 2 N–H and O–H groups in total. The summed E-state index contributed by atoms with van der Waals surface area (Å²) in [5, 5.41) is 6.92. The predicted molar refractivity (Wildman–Crippen MR) is 62.5 cm³/mol. The first-order valence-corrected chi connectivity index (χ1v) is 6.04. The lowest BCUT2D eigenvalue weighted by Gasteiger charge is -2.42. The smallest absolute Gasteiger partial charge is 0.00200 e. The van der Waals surface area contributed by atoms with Crippen LogP contribution in [-0.4, -0.2) is 26.7 Å². The van der Waals surface area contributed by atoms with Gasteiger partial charge in [0.15, 0.2) is 0 Å². The van der Waals surface area contributed by atoms with Gasteiger partial charge in [-0.2, -0.15) is 0 Å². The summed E-state index contributed by atoms with van der Waals surface area (Å²) in [7, 11) is 2.06. The van der Waals surface area contributed by atoms with Crippen molar-refractivity contribution in [2.45, 2.75) is 39.5 Å². The van der Waals surface area contributed by atoms with Crippen LogP contribution in [0.4, 0.5) is 0 Å². The first-order chi connectivity index (χ1) is 6.68. The molecule has 1 fully saturated rings. The van der Waals surface area contributed by atoms with E-state index in [1.165, 1.54) is 45.3 Å². The second kappa shape index (κ2) is 5.72. The van der Waals surface area contributed by atoms with Crippen molar-refractivity contribution in [1.29, 1.82) is 0 Å². The Morgan fingerprint density at radius 2 is 1.93 bits per heavy atom. The Morgan fingerprint density at radius 1 is 1.21 bits per heavy atom. The molecule has 1 rings (SSSR count). The molecule has 0 spiro atoms. The minimum absolute atomic E-state index is 0.589. The van der Waals surface area contributed by atoms with Crippen molar-refractivity contribution in [1.82, 2.24) is 10.6 Å². The highest BCUT2D eigenvalue weighted by Crippen LogP contribution is 2.39. The summed E-state index contributed by atoms with van der Waals surface area (Å²) in [5.41, 5.74) is 0.589. The summed E-state index contributed by atoms with van der Waals surface area (Å²) in [6.07, 6.45) is 5.54. The molecule has 0 atom stereocenters. The summed E-state index contributed by atoms with van der Waals surface area (Å²) in [6, 6.07) is 0. The molecule has 1 saturated carbocycles. The zero-order valence-electron chi connectivity index (χ0n) is 10.0. The van der Waals surface area contributed by atoms with Crippen molar-refractivity contribution in [3.8, 4) is 0 Å². The minimum Gasteiger partial charge on any atom is -0.319 e. The lowest BCUT2D eigenvalue weighted by atomic mass is 9.68. The molecule has 2 heteroatoms. The summed E-state index contributed by atoms with van der Waals surface area (Å²) < 4.78 is 0. The van der Waals surface area contributed by atoms with Crippen molar-refractivity contribution in [2.24, 2.45) is 11.3 Å². The molecule has 0 aromatic rings. The Bertz CT molecular complexity index is 150. The number of hydrogen-bond donors (Lipinski definition) is 2. The number of rotatable bonds is 7. The molecule has 84 valence electrons. The normalized spacial score (nSPS) is 19.7. The number of nitrogens with one attached hydrogen (secondary N) is 2. The first kappa shape index (κ1) is 12.0. The van der Waals surface area contributed by atoms with Gasteiger partial charge in [0.25, 0.3) is 0 Å². The van der Waals surface area contributed by atoms with E-state index in [9.17, 15) is 0 Å². The molecule has 14 heavy (non-hydrogen) atoms. The van der Waals surface area contributed by atoms with Gasteiger partial charge >= 0.3 is 0 Å². The van der Waals surface area contributed by atoms with Gasteiger partial charge in [-0.1, -0.05) is 20.3 Å². The van der Waals surface area contributed by atoms with E-state index in [0.717, 1.165) is 5.92 Å². The van der Waals surface area contributed by atoms with Crippen LogP contribution in [0.3, 0.4) is 0 Å². The SMILES string of the molecule is CNCC1(CNCCC(C)C)CCC1. The maximum absolute atomic E-state index is 3.60. The van der Waals surface area contributed by atoms with Gasteiger partial charge in [-0.15, -0.1) is 0 Å². The zero-order chi connectivity index (χ0) is 10.4. The van der Waals surface area contributed by atoms with Crippen molar-refractivity contribution in [3.05, 3.63) is 0 Å². The molecule has 1 aliphatic rings. The second-order valence-electron chi connectivity index (χ2n) is 5.24. The van der Waals surface area contributed by atoms with Gasteiger partial charge in [0, 0.05) is 13.1 Å². The lowest BCUT2D eigenvalue weighted by Crippen LogP contribution is -2.46. The Kier molecular flexibility index (Phi) is 4.90. The summed E-state index contributed by atoms with van der Waals surface area (Å²) >= 11 is 0. The van der Waals surface area contributed by atoms with Gasteiger partial charge in [0.2, 0.25) is 0 Å². The highest BCUT2D eigenvalue weighted by atomic mass is 14.9. The molecule has 1 aliphatic carbocycles. The monoisotopic (exact) mass is 198 g/mol. The average Bonchev–Trinajstić information content (AvgIpc) is 2.07. The molecule has 0 aromatic carbocycles. The molecule has 0 saturated heterocycles. The third-order valence-corrected chi connectivity index (χ3v) is 3.36. The Hall–Kier alpha value is -0.0800. The molecular formula is C12H26N2. The third-order valence-electron chi connectivity index (χ3n) is 3.36. The van der Waals surface area contributed by atoms with Gasteiger partial charge < -0.3 is 10.6 Å². The van der Waals surface area contributed by atoms with E-state index in [1.807, 2.05) is 0 Å². The largest absolute Gasteiger partial charge is 0.319 e. The van der Waals surface area contributed by atoms with Crippen LogP contribution in [0, 0.1) is 11.3 Å². The van der Waals surface area contributed by atoms with Crippen LogP contribution >= 0.6 is 0 Å². The highest BCUT2D eigenvalue weighted by Gasteiger charge is 2.35. The fourth-order valence-corrected chi connectivity index (χ4v) is 2.21. The van der Waals surface area contributed by atoms with Crippen LogP contribution in [0.2, 0.25) is 0 Å². The minimum atomic E-state index is 0.589. The van der Waals surface area contributed by atoms with E-state index in [2.05, 4.69) is 31.5 Å². The van der Waals surface area contributed by atoms with E-state index in [-0.39, 0.29) is 0 Å². The average molecular weight is 198 g/mol. The standard InChI is InChI=1S/C12H26N2/c1-11(2)5-8-14-10-12(9-13-3)6-4-7-12/h11,13-14H,4-10H2,1-3H3. The molecule has 0 bridgehead atoms. The van der Waals surface area contributed by atoms with Gasteiger partial charge in [0.1, 0.15) is 0 Å². The maximum atomic E-state index is 3.60. The fourth-order valence-electron chi connectivity index (χ4n) is 2.21.